The lowest BCUT2D eigenvalue weighted by Crippen LogP contribution is -2.18. The van der Waals surface area contributed by atoms with E-state index in [-0.39, 0.29) is 6.04 Å². The SMILES string of the molecule is C[C@@H](NCc1cccc(C(=O)O)c1)c1cccc(Br)c1. The molecule has 1 atom stereocenters. The average molecular weight is 334 g/mol. The Bertz CT molecular complexity index is 613. The second-order valence-electron chi connectivity index (χ2n) is 4.66. The molecule has 0 radical (unpaired) electrons. The topological polar surface area (TPSA) is 49.3 Å². The molecule has 0 bridgehead atoms. The van der Waals surface area contributed by atoms with Crippen LogP contribution >= 0.6 is 15.9 Å². The molecule has 0 aliphatic rings. The number of hydrogen-bond acceptors (Lipinski definition) is 2. The van der Waals surface area contributed by atoms with E-state index in [0.717, 1.165) is 10.0 Å². The molecule has 3 nitrogen and oxygen atoms in total. The molecule has 20 heavy (non-hydrogen) atoms. The third kappa shape index (κ3) is 3.92. The van der Waals surface area contributed by atoms with Crippen molar-refractivity contribution < 1.29 is 9.90 Å². The Kier molecular flexibility index (Phi) is 4.93. The van der Waals surface area contributed by atoms with E-state index in [1.807, 2.05) is 18.2 Å². The minimum absolute atomic E-state index is 0.195. The molecule has 104 valence electrons. The standard InChI is InChI=1S/C16H16BrNO2/c1-11(13-5-3-7-15(17)9-13)18-10-12-4-2-6-14(8-12)16(19)20/h2-9,11,18H,10H2,1H3,(H,19,20)/t11-/m1/s1. The highest BCUT2D eigenvalue weighted by Gasteiger charge is 2.07. The van der Waals surface area contributed by atoms with Gasteiger partial charge in [-0.2, -0.15) is 0 Å². The number of rotatable bonds is 5. The van der Waals surface area contributed by atoms with Crippen molar-refractivity contribution in [2.45, 2.75) is 19.5 Å². The molecule has 0 aromatic heterocycles. The lowest BCUT2D eigenvalue weighted by atomic mass is 10.1. The Balaban J connectivity index is 2.01. The fraction of sp³-hybridized carbons (Fsp3) is 0.188. The summed E-state index contributed by atoms with van der Waals surface area (Å²) in [4.78, 5) is 10.9. The highest BCUT2D eigenvalue weighted by molar-refractivity contribution is 9.10. The van der Waals surface area contributed by atoms with Crippen LogP contribution in [0.25, 0.3) is 0 Å². The van der Waals surface area contributed by atoms with Crippen molar-refractivity contribution in [3.63, 3.8) is 0 Å². The molecule has 2 aromatic carbocycles. The van der Waals surface area contributed by atoms with E-state index in [0.29, 0.717) is 12.1 Å². The first-order valence-corrected chi connectivity index (χ1v) is 7.16. The van der Waals surface area contributed by atoms with Gasteiger partial charge >= 0.3 is 5.97 Å². The van der Waals surface area contributed by atoms with Crippen LogP contribution in [0.4, 0.5) is 0 Å². The Labute approximate surface area is 126 Å². The van der Waals surface area contributed by atoms with Crippen LogP contribution in [-0.4, -0.2) is 11.1 Å². The fourth-order valence-corrected chi connectivity index (χ4v) is 2.40. The molecule has 2 rings (SSSR count). The number of halogens is 1. The van der Waals surface area contributed by atoms with Gasteiger partial charge in [0.25, 0.3) is 0 Å². The highest BCUT2D eigenvalue weighted by atomic mass is 79.9. The summed E-state index contributed by atoms with van der Waals surface area (Å²) in [7, 11) is 0. The van der Waals surface area contributed by atoms with E-state index in [1.54, 1.807) is 18.2 Å². The molecule has 0 spiro atoms. The van der Waals surface area contributed by atoms with Gasteiger partial charge in [-0.3, -0.25) is 0 Å². The van der Waals surface area contributed by atoms with Crippen LogP contribution in [0.2, 0.25) is 0 Å². The van der Waals surface area contributed by atoms with Gasteiger partial charge in [0.05, 0.1) is 5.56 Å². The van der Waals surface area contributed by atoms with Crippen molar-refractivity contribution in [1.29, 1.82) is 0 Å². The van der Waals surface area contributed by atoms with Crippen LogP contribution < -0.4 is 5.32 Å². The third-order valence-electron chi connectivity index (χ3n) is 3.13. The van der Waals surface area contributed by atoms with Crippen LogP contribution in [0, 0.1) is 0 Å². The first kappa shape index (κ1) is 14.8. The molecule has 0 aliphatic heterocycles. The van der Waals surface area contributed by atoms with Crippen molar-refractivity contribution in [2.24, 2.45) is 0 Å². The summed E-state index contributed by atoms with van der Waals surface area (Å²) in [5.41, 5.74) is 2.47. The van der Waals surface area contributed by atoms with Crippen molar-refractivity contribution in [1.82, 2.24) is 5.32 Å². The first-order chi connectivity index (χ1) is 9.56. The van der Waals surface area contributed by atoms with E-state index in [4.69, 9.17) is 5.11 Å². The van der Waals surface area contributed by atoms with Crippen LogP contribution in [0.3, 0.4) is 0 Å². The van der Waals surface area contributed by atoms with Crippen molar-refractivity contribution in [3.8, 4) is 0 Å². The van der Waals surface area contributed by atoms with E-state index < -0.39 is 5.97 Å². The summed E-state index contributed by atoms with van der Waals surface area (Å²) in [6, 6.07) is 15.3. The van der Waals surface area contributed by atoms with Crippen molar-refractivity contribution in [3.05, 3.63) is 69.7 Å². The third-order valence-corrected chi connectivity index (χ3v) is 3.63. The smallest absolute Gasteiger partial charge is 0.335 e. The normalized spacial score (nSPS) is 12.1. The number of aromatic carboxylic acids is 1. The Hall–Kier alpha value is -1.65. The van der Waals surface area contributed by atoms with Crippen LogP contribution in [0.15, 0.2) is 53.0 Å². The van der Waals surface area contributed by atoms with Gasteiger partial charge in [0, 0.05) is 17.1 Å². The average Bonchev–Trinajstić information content (AvgIpc) is 2.45. The largest absolute Gasteiger partial charge is 0.478 e. The monoisotopic (exact) mass is 333 g/mol. The number of nitrogens with one attached hydrogen (secondary N) is 1. The summed E-state index contributed by atoms with van der Waals surface area (Å²) in [5, 5.41) is 12.4. The summed E-state index contributed by atoms with van der Waals surface area (Å²) in [6.07, 6.45) is 0. The Morgan fingerprint density at radius 2 is 2.00 bits per heavy atom. The predicted molar refractivity (Wildman–Crippen MR) is 82.8 cm³/mol. The molecule has 0 saturated heterocycles. The Morgan fingerprint density at radius 3 is 2.70 bits per heavy atom. The fourth-order valence-electron chi connectivity index (χ4n) is 1.98. The maximum absolute atomic E-state index is 10.9. The van der Waals surface area contributed by atoms with Crippen LogP contribution in [0.5, 0.6) is 0 Å². The predicted octanol–water partition coefficient (Wildman–Crippen LogP) is 4.00. The van der Waals surface area contributed by atoms with Gasteiger partial charge in [-0.25, -0.2) is 4.79 Å². The summed E-state index contributed by atoms with van der Waals surface area (Å²) in [5.74, 6) is -0.896. The zero-order valence-corrected chi connectivity index (χ0v) is 12.7. The number of benzene rings is 2. The molecule has 0 aliphatic carbocycles. The van der Waals surface area contributed by atoms with Crippen LogP contribution in [-0.2, 0) is 6.54 Å². The quantitative estimate of drug-likeness (QED) is 0.869. The van der Waals surface area contributed by atoms with Gasteiger partial charge < -0.3 is 10.4 Å². The lowest BCUT2D eigenvalue weighted by Gasteiger charge is -2.15. The molecule has 0 saturated carbocycles. The molecule has 4 heteroatoms. The highest BCUT2D eigenvalue weighted by Crippen LogP contribution is 2.18. The molecule has 0 amide bonds. The number of carboxylic acid groups (broad SMARTS) is 1. The van der Waals surface area contributed by atoms with Gasteiger partial charge in [-0.1, -0.05) is 40.2 Å². The van der Waals surface area contributed by atoms with Gasteiger partial charge in [0.2, 0.25) is 0 Å². The Morgan fingerprint density at radius 1 is 1.25 bits per heavy atom. The summed E-state index contributed by atoms with van der Waals surface area (Å²) >= 11 is 3.46. The molecule has 2 aromatic rings. The summed E-state index contributed by atoms with van der Waals surface area (Å²) < 4.78 is 1.05. The lowest BCUT2D eigenvalue weighted by molar-refractivity contribution is 0.0696. The van der Waals surface area contributed by atoms with E-state index in [2.05, 4.69) is 40.3 Å². The van der Waals surface area contributed by atoms with E-state index in [9.17, 15) is 4.79 Å². The van der Waals surface area contributed by atoms with Gasteiger partial charge in [0.1, 0.15) is 0 Å². The summed E-state index contributed by atoms with van der Waals surface area (Å²) in [6.45, 7) is 2.72. The number of carbonyl (C=O) groups is 1. The van der Waals surface area contributed by atoms with E-state index >= 15 is 0 Å². The van der Waals surface area contributed by atoms with E-state index in [1.165, 1.54) is 5.56 Å². The van der Waals surface area contributed by atoms with Crippen molar-refractivity contribution >= 4 is 21.9 Å². The zero-order valence-electron chi connectivity index (χ0n) is 11.1. The van der Waals surface area contributed by atoms with Gasteiger partial charge in [-0.15, -0.1) is 0 Å². The van der Waals surface area contributed by atoms with Crippen molar-refractivity contribution in [2.75, 3.05) is 0 Å². The van der Waals surface area contributed by atoms with Crippen LogP contribution in [0.1, 0.15) is 34.5 Å². The van der Waals surface area contributed by atoms with Gasteiger partial charge in [0.15, 0.2) is 0 Å². The minimum Gasteiger partial charge on any atom is -0.478 e. The second-order valence-corrected chi connectivity index (χ2v) is 5.58. The minimum atomic E-state index is -0.896. The van der Waals surface area contributed by atoms with Gasteiger partial charge in [-0.05, 0) is 42.3 Å². The maximum atomic E-state index is 10.9. The zero-order chi connectivity index (χ0) is 14.5. The molecule has 0 fully saturated rings. The molecule has 0 unspecified atom stereocenters. The number of carboxylic acids is 1. The molecule has 2 N–H and O–H groups in total. The first-order valence-electron chi connectivity index (χ1n) is 6.37. The second kappa shape index (κ2) is 6.68. The molecular formula is C16H16BrNO2. The number of hydrogen-bond donors (Lipinski definition) is 2. The molecular weight excluding hydrogens is 318 g/mol. The molecule has 0 heterocycles. The maximum Gasteiger partial charge on any atom is 0.335 e.